The molecule has 148 valence electrons. The van der Waals surface area contributed by atoms with Crippen molar-refractivity contribution < 1.29 is 9.32 Å². The molecule has 4 aromatic rings. The van der Waals surface area contributed by atoms with Gasteiger partial charge >= 0.3 is 0 Å². The summed E-state index contributed by atoms with van der Waals surface area (Å²) >= 11 is 3.15. The molecule has 4 aromatic heterocycles. The van der Waals surface area contributed by atoms with E-state index in [2.05, 4.69) is 15.6 Å². The molecule has 0 saturated carbocycles. The van der Waals surface area contributed by atoms with Gasteiger partial charge in [0, 0.05) is 23.6 Å². The average Bonchev–Trinajstić information content (AvgIpc) is 3.45. The summed E-state index contributed by atoms with van der Waals surface area (Å²) < 4.78 is 6.52. The molecule has 0 aliphatic rings. The summed E-state index contributed by atoms with van der Waals surface area (Å²) in [6.07, 6.45) is 0.760. The fraction of sp³-hybridized carbons (Fsp3) is 0.200. The summed E-state index contributed by atoms with van der Waals surface area (Å²) in [5, 5.41) is 15.1. The second-order valence-corrected chi connectivity index (χ2v) is 8.37. The molecule has 0 unspecified atom stereocenters. The summed E-state index contributed by atoms with van der Waals surface area (Å²) in [5.74, 6) is 0.222. The van der Waals surface area contributed by atoms with E-state index in [-0.39, 0.29) is 18.0 Å². The molecule has 29 heavy (non-hydrogen) atoms. The average molecular weight is 427 g/mol. The number of carbonyl (C=O) groups excluding carboxylic acids is 1. The number of rotatable bonds is 7. The fourth-order valence-electron chi connectivity index (χ4n) is 2.85. The Labute approximate surface area is 174 Å². The Hall–Kier alpha value is -3.04. The van der Waals surface area contributed by atoms with Gasteiger partial charge in [-0.2, -0.15) is 5.10 Å². The van der Waals surface area contributed by atoms with Gasteiger partial charge in [-0.15, -0.1) is 22.7 Å². The minimum Gasteiger partial charge on any atom is -0.356 e. The number of carbonyl (C=O) groups is 1. The SMILES string of the molecule is Cc1cc(-c2cc(=O)n(CC(=O)NCCc3cccs3)nc2-c2cccs2)on1. The summed E-state index contributed by atoms with van der Waals surface area (Å²) in [4.78, 5) is 27.0. The lowest BCUT2D eigenvalue weighted by molar-refractivity contribution is -0.121. The molecule has 7 nitrogen and oxygen atoms in total. The maximum absolute atomic E-state index is 12.6. The highest BCUT2D eigenvalue weighted by Crippen LogP contribution is 2.32. The molecule has 0 radical (unpaired) electrons. The molecule has 4 heterocycles. The van der Waals surface area contributed by atoms with E-state index in [0.29, 0.717) is 29.3 Å². The molecule has 1 amide bonds. The Morgan fingerprint density at radius 1 is 1.21 bits per heavy atom. The number of thiophene rings is 2. The molecule has 0 aliphatic carbocycles. The molecule has 9 heteroatoms. The molecule has 1 N–H and O–H groups in total. The quantitative estimate of drug-likeness (QED) is 0.489. The normalized spacial score (nSPS) is 10.9. The highest BCUT2D eigenvalue weighted by Gasteiger charge is 2.18. The molecule has 0 fully saturated rings. The van der Waals surface area contributed by atoms with Crippen molar-refractivity contribution in [1.29, 1.82) is 0 Å². The van der Waals surface area contributed by atoms with Crippen LogP contribution in [0.2, 0.25) is 0 Å². The van der Waals surface area contributed by atoms with Crippen LogP contribution in [0.3, 0.4) is 0 Å². The van der Waals surface area contributed by atoms with E-state index >= 15 is 0 Å². The van der Waals surface area contributed by atoms with Crippen LogP contribution < -0.4 is 10.9 Å². The van der Waals surface area contributed by atoms with Crippen LogP contribution >= 0.6 is 22.7 Å². The van der Waals surface area contributed by atoms with Crippen LogP contribution in [0.1, 0.15) is 10.6 Å². The van der Waals surface area contributed by atoms with Crippen LogP contribution in [0.15, 0.2) is 56.5 Å². The van der Waals surface area contributed by atoms with Gasteiger partial charge in [0.2, 0.25) is 5.91 Å². The molecule has 0 atom stereocenters. The zero-order valence-corrected chi connectivity index (χ0v) is 17.3. The molecule has 0 bridgehead atoms. The van der Waals surface area contributed by atoms with Crippen molar-refractivity contribution in [2.24, 2.45) is 0 Å². The summed E-state index contributed by atoms with van der Waals surface area (Å²) in [6.45, 7) is 2.19. The van der Waals surface area contributed by atoms with Crippen molar-refractivity contribution in [3.05, 3.63) is 68.1 Å². The van der Waals surface area contributed by atoms with E-state index in [1.807, 2.05) is 41.9 Å². The Bertz CT molecular complexity index is 1160. The van der Waals surface area contributed by atoms with Crippen LogP contribution in [0.5, 0.6) is 0 Å². The molecule has 0 spiro atoms. The van der Waals surface area contributed by atoms with E-state index in [0.717, 1.165) is 11.3 Å². The topological polar surface area (TPSA) is 90.0 Å². The molecule has 0 saturated heterocycles. The lowest BCUT2D eigenvalue weighted by Crippen LogP contribution is -2.34. The van der Waals surface area contributed by atoms with Crippen molar-refractivity contribution >= 4 is 28.6 Å². The van der Waals surface area contributed by atoms with Gasteiger partial charge in [0.05, 0.1) is 16.1 Å². The predicted molar refractivity (Wildman–Crippen MR) is 113 cm³/mol. The zero-order valence-electron chi connectivity index (χ0n) is 15.6. The van der Waals surface area contributed by atoms with Gasteiger partial charge in [-0.05, 0) is 36.2 Å². The third-order valence-corrected chi connectivity index (χ3v) is 6.03. The van der Waals surface area contributed by atoms with Gasteiger partial charge in [0.15, 0.2) is 5.76 Å². The molecular formula is C20H18N4O3S2. The first-order valence-electron chi connectivity index (χ1n) is 8.99. The van der Waals surface area contributed by atoms with Crippen LogP contribution in [0.25, 0.3) is 21.9 Å². The number of aromatic nitrogens is 3. The lowest BCUT2D eigenvalue weighted by atomic mass is 10.1. The summed E-state index contributed by atoms with van der Waals surface area (Å²) in [6, 6.07) is 11.0. The fourth-order valence-corrected chi connectivity index (χ4v) is 4.28. The minimum atomic E-state index is -0.372. The van der Waals surface area contributed by atoms with Gasteiger partial charge in [0.1, 0.15) is 12.2 Å². The van der Waals surface area contributed by atoms with Crippen molar-refractivity contribution in [3.63, 3.8) is 0 Å². The molecule has 0 aromatic carbocycles. The highest BCUT2D eigenvalue weighted by atomic mass is 32.1. The van der Waals surface area contributed by atoms with E-state index in [9.17, 15) is 9.59 Å². The molecule has 4 rings (SSSR count). The van der Waals surface area contributed by atoms with Crippen LogP contribution in [0.4, 0.5) is 0 Å². The standard InChI is InChI=1S/C20H18N4O3S2/c1-13-10-16(27-23-13)15-11-19(26)24(22-20(15)17-5-3-9-29-17)12-18(25)21-7-6-14-4-2-8-28-14/h2-5,8-11H,6-7,12H2,1H3,(H,21,25). The van der Waals surface area contributed by atoms with Crippen molar-refractivity contribution in [1.82, 2.24) is 20.3 Å². The van der Waals surface area contributed by atoms with E-state index < -0.39 is 0 Å². The Morgan fingerprint density at radius 3 is 2.72 bits per heavy atom. The number of nitrogens with one attached hydrogen (secondary N) is 1. The minimum absolute atomic E-state index is 0.142. The van der Waals surface area contributed by atoms with Crippen LogP contribution in [-0.4, -0.2) is 27.4 Å². The first kappa shape index (κ1) is 19.3. The predicted octanol–water partition coefficient (Wildman–Crippen LogP) is 3.36. The first-order chi connectivity index (χ1) is 14.1. The Morgan fingerprint density at radius 2 is 2.03 bits per heavy atom. The monoisotopic (exact) mass is 426 g/mol. The van der Waals surface area contributed by atoms with Crippen LogP contribution in [-0.2, 0) is 17.8 Å². The van der Waals surface area contributed by atoms with Gasteiger partial charge < -0.3 is 9.84 Å². The number of hydrogen-bond acceptors (Lipinski definition) is 7. The second kappa shape index (κ2) is 8.54. The number of amides is 1. The van der Waals surface area contributed by atoms with Gasteiger partial charge in [-0.1, -0.05) is 17.3 Å². The van der Waals surface area contributed by atoms with Gasteiger partial charge in [-0.3, -0.25) is 9.59 Å². The largest absolute Gasteiger partial charge is 0.356 e. The van der Waals surface area contributed by atoms with E-state index in [1.165, 1.54) is 27.0 Å². The van der Waals surface area contributed by atoms with Gasteiger partial charge in [-0.25, -0.2) is 4.68 Å². The van der Waals surface area contributed by atoms with Crippen molar-refractivity contribution in [2.45, 2.75) is 19.9 Å². The summed E-state index contributed by atoms with van der Waals surface area (Å²) in [5.41, 5.74) is 1.49. The Kier molecular flexibility index (Phi) is 5.68. The maximum Gasteiger partial charge on any atom is 0.268 e. The third-order valence-electron chi connectivity index (χ3n) is 4.21. The van der Waals surface area contributed by atoms with E-state index in [1.54, 1.807) is 17.4 Å². The lowest BCUT2D eigenvalue weighted by Gasteiger charge is -2.10. The van der Waals surface area contributed by atoms with Gasteiger partial charge in [0.25, 0.3) is 5.56 Å². The molecule has 0 aliphatic heterocycles. The van der Waals surface area contributed by atoms with E-state index in [4.69, 9.17) is 4.52 Å². The number of nitrogens with zero attached hydrogens (tertiary/aromatic N) is 3. The molecular weight excluding hydrogens is 408 g/mol. The second-order valence-electron chi connectivity index (χ2n) is 6.39. The third kappa shape index (κ3) is 4.52. The first-order valence-corrected chi connectivity index (χ1v) is 10.7. The van der Waals surface area contributed by atoms with Crippen molar-refractivity contribution in [3.8, 4) is 21.9 Å². The maximum atomic E-state index is 12.6. The summed E-state index contributed by atoms with van der Waals surface area (Å²) in [7, 11) is 0. The van der Waals surface area contributed by atoms with Crippen LogP contribution in [0, 0.1) is 6.92 Å². The number of hydrogen-bond donors (Lipinski definition) is 1. The highest BCUT2D eigenvalue weighted by molar-refractivity contribution is 7.13. The number of aryl methyl sites for hydroxylation is 1. The van der Waals surface area contributed by atoms with Crippen molar-refractivity contribution in [2.75, 3.05) is 6.54 Å². The smallest absolute Gasteiger partial charge is 0.268 e. The Balaban J connectivity index is 1.56. The zero-order chi connectivity index (χ0) is 20.2.